The Hall–Kier alpha value is -1.40. The van der Waals surface area contributed by atoms with Crippen LogP contribution in [0, 0.1) is 0 Å². The van der Waals surface area contributed by atoms with Crippen molar-refractivity contribution in [3.05, 3.63) is 11.9 Å². The molecule has 0 radical (unpaired) electrons. The summed E-state index contributed by atoms with van der Waals surface area (Å²) in [5.74, 6) is 1.99. The SMILES string of the molecule is CCOCc1nc(N)cc(N2CCCC(OC)C2)n1. The Kier molecular flexibility index (Phi) is 4.93. The zero-order chi connectivity index (χ0) is 13.7. The molecule has 106 valence electrons. The van der Waals surface area contributed by atoms with Crippen molar-refractivity contribution in [1.82, 2.24) is 9.97 Å². The number of methoxy groups -OCH3 is 1. The van der Waals surface area contributed by atoms with Crippen molar-refractivity contribution < 1.29 is 9.47 Å². The molecule has 2 rings (SSSR count). The van der Waals surface area contributed by atoms with Crippen LogP contribution in [-0.2, 0) is 16.1 Å². The van der Waals surface area contributed by atoms with E-state index >= 15 is 0 Å². The first-order valence-electron chi connectivity index (χ1n) is 6.71. The summed E-state index contributed by atoms with van der Waals surface area (Å²) in [6.45, 7) is 4.81. The smallest absolute Gasteiger partial charge is 0.158 e. The third-order valence-electron chi connectivity index (χ3n) is 3.25. The zero-order valence-corrected chi connectivity index (χ0v) is 11.6. The highest BCUT2D eigenvalue weighted by molar-refractivity contribution is 5.47. The third kappa shape index (κ3) is 3.78. The molecule has 1 aromatic heterocycles. The molecule has 6 heteroatoms. The molecule has 1 fully saturated rings. The lowest BCUT2D eigenvalue weighted by Crippen LogP contribution is -2.39. The van der Waals surface area contributed by atoms with E-state index < -0.39 is 0 Å². The highest BCUT2D eigenvalue weighted by atomic mass is 16.5. The van der Waals surface area contributed by atoms with Crippen LogP contribution in [0.4, 0.5) is 11.6 Å². The second kappa shape index (κ2) is 6.68. The van der Waals surface area contributed by atoms with Crippen molar-refractivity contribution in [2.45, 2.75) is 32.5 Å². The number of piperidine rings is 1. The monoisotopic (exact) mass is 266 g/mol. The molecular formula is C13H22N4O2. The van der Waals surface area contributed by atoms with Crippen LogP contribution in [0.5, 0.6) is 0 Å². The molecular weight excluding hydrogens is 244 g/mol. The molecule has 0 saturated carbocycles. The van der Waals surface area contributed by atoms with E-state index in [1.165, 1.54) is 0 Å². The van der Waals surface area contributed by atoms with Gasteiger partial charge < -0.3 is 20.1 Å². The van der Waals surface area contributed by atoms with Crippen molar-refractivity contribution in [2.75, 3.05) is 37.4 Å². The molecule has 2 N–H and O–H groups in total. The Labute approximate surface area is 113 Å². The summed E-state index contributed by atoms with van der Waals surface area (Å²) < 4.78 is 10.8. The minimum absolute atomic E-state index is 0.264. The standard InChI is InChI=1S/C13H22N4O2/c1-3-19-9-12-15-11(14)7-13(16-12)17-6-4-5-10(8-17)18-2/h7,10H,3-6,8-9H2,1-2H3,(H2,14,15,16). The van der Waals surface area contributed by atoms with Crippen LogP contribution < -0.4 is 10.6 Å². The van der Waals surface area contributed by atoms with E-state index in [1.807, 2.05) is 13.0 Å². The normalized spacial score (nSPS) is 19.7. The van der Waals surface area contributed by atoms with Crippen LogP contribution in [0.2, 0.25) is 0 Å². The first kappa shape index (κ1) is 14.0. The minimum Gasteiger partial charge on any atom is -0.384 e. The minimum atomic E-state index is 0.264. The fourth-order valence-corrected chi connectivity index (χ4v) is 2.26. The van der Waals surface area contributed by atoms with Gasteiger partial charge in [0.15, 0.2) is 5.82 Å². The highest BCUT2D eigenvalue weighted by Gasteiger charge is 2.21. The van der Waals surface area contributed by atoms with Gasteiger partial charge in [0.05, 0.1) is 6.10 Å². The van der Waals surface area contributed by atoms with E-state index in [4.69, 9.17) is 15.2 Å². The molecule has 0 aliphatic carbocycles. The quantitative estimate of drug-likeness (QED) is 0.863. The number of hydrogen-bond donors (Lipinski definition) is 1. The van der Waals surface area contributed by atoms with E-state index in [9.17, 15) is 0 Å². The number of nitrogens with zero attached hydrogens (tertiary/aromatic N) is 3. The fraction of sp³-hybridized carbons (Fsp3) is 0.692. The molecule has 0 spiro atoms. The van der Waals surface area contributed by atoms with Crippen LogP contribution in [-0.4, -0.2) is 42.9 Å². The van der Waals surface area contributed by atoms with Crippen LogP contribution >= 0.6 is 0 Å². The van der Waals surface area contributed by atoms with Gasteiger partial charge >= 0.3 is 0 Å². The van der Waals surface area contributed by atoms with Gasteiger partial charge in [-0.2, -0.15) is 0 Å². The van der Waals surface area contributed by atoms with E-state index in [0.717, 1.165) is 31.7 Å². The molecule has 19 heavy (non-hydrogen) atoms. The maximum absolute atomic E-state index is 5.84. The lowest BCUT2D eigenvalue weighted by molar-refractivity contribution is 0.0890. The first-order valence-corrected chi connectivity index (χ1v) is 6.71. The highest BCUT2D eigenvalue weighted by Crippen LogP contribution is 2.20. The third-order valence-corrected chi connectivity index (χ3v) is 3.25. The lowest BCUT2D eigenvalue weighted by Gasteiger charge is -2.32. The molecule has 1 aliphatic rings. The average Bonchev–Trinajstić information content (AvgIpc) is 2.44. The van der Waals surface area contributed by atoms with Crippen LogP contribution in [0.15, 0.2) is 6.07 Å². The number of anilines is 2. The van der Waals surface area contributed by atoms with Gasteiger partial charge in [-0.3, -0.25) is 0 Å². The molecule has 2 heterocycles. The molecule has 1 saturated heterocycles. The van der Waals surface area contributed by atoms with Gasteiger partial charge in [-0.05, 0) is 19.8 Å². The van der Waals surface area contributed by atoms with Crippen molar-refractivity contribution in [1.29, 1.82) is 0 Å². The maximum Gasteiger partial charge on any atom is 0.158 e. The van der Waals surface area contributed by atoms with Crippen molar-refractivity contribution >= 4 is 11.6 Å². The first-order chi connectivity index (χ1) is 9.22. The molecule has 1 unspecified atom stereocenters. The Bertz CT molecular complexity index is 414. The van der Waals surface area contributed by atoms with Crippen LogP contribution in [0.3, 0.4) is 0 Å². The van der Waals surface area contributed by atoms with Gasteiger partial charge in [-0.25, -0.2) is 9.97 Å². The number of nitrogen functional groups attached to an aromatic ring is 1. The van der Waals surface area contributed by atoms with Gasteiger partial charge in [0, 0.05) is 32.9 Å². The second-order valence-corrected chi connectivity index (χ2v) is 4.65. The Morgan fingerprint density at radius 1 is 1.47 bits per heavy atom. The molecule has 6 nitrogen and oxygen atoms in total. The van der Waals surface area contributed by atoms with Gasteiger partial charge in [0.25, 0.3) is 0 Å². The second-order valence-electron chi connectivity index (χ2n) is 4.65. The van der Waals surface area contributed by atoms with Crippen molar-refractivity contribution in [2.24, 2.45) is 0 Å². The Balaban J connectivity index is 2.11. The summed E-state index contributed by atoms with van der Waals surface area (Å²) >= 11 is 0. The van der Waals surface area contributed by atoms with E-state index in [1.54, 1.807) is 7.11 Å². The summed E-state index contributed by atoms with van der Waals surface area (Å²) in [6, 6.07) is 1.81. The summed E-state index contributed by atoms with van der Waals surface area (Å²) in [6.07, 6.45) is 2.46. The molecule has 1 aliphatic heterocycles. The van der Waals surface area contributed by atoms with Crippen molar-refractivity contribution in [3.8, 4) is 0 Å². The zero-order valence-electron chi connectivity index (χ0n) is 11.6. The molecule has 0 bridgehead atoms. The summed E-state index contributed by atoms with van der Waals surface area (Å²) in [5, 5.41) is 0. The maximum atomic E-state index is 5.84. The van der Waals surface area contributed by atoms with Gasteiger partial charge in [-0.15, -0.1) is 0 Å². The molecule has 1 atom stereocenters. The lowest BCUT2D eigenvalue weighted by atomic mass is 10.1. The fourth-order valence-electron chi connectivity index (χ4n) is 2.26. The van der Waals surface area contributed by atoms with Crippen LogP contribution in [0.1, 0.15) is 25.6 Å². The number of hydrogen-bond acceptors (Lipinski definition) is 6. The number of aromatic nitrogens is 2. The van der Waals surface area contributed by atoms with E-state index in [0.29, 0.717) is 24.9 Å². The van der Waals surface area contributed by atoms with Gasteiger partial charge in [-0.1, -0.05) is 0 Å². The number of nitrogens with two attached hydrogens (primary N) is 1. The summed E-state index contributed by atoms with van der Waals surface area (Å²) in [5.41, 5.74) is 5.84. The Morgan fingerprint density at radius 3 is 3.05 bits per heavy atom. The molecule has 1 aromatic rings. The van der Waals surface area contributed by atoms with Gasteiger partial charge in [0.1, 0.15) is 18.2 Å². The largest absolute Gasteiger partial charge is 0.384 e. The van der Waals surface area contributed by atoms with Crippen molar-refractivity contribution in [3.63, 3.8) is 0 Å². The molecule has 0 amide bonds. The average molecular weight is 266 g/mol. The summed E-state index contributed by atoms with van der Waals surface area (Å²) in [7, 11) is 1.75. The van der Waals surface area contributed by atoms with Crippen LogP contribution in [0.25, 0.3) is 0 Å². The Morgan fingerprint density at radius 2 is 2.32 bits per heavy atom. The summed E-state index contributed by atoms with van der Waals surface area (Å²) in [4.78, 5) is 10.9. The number of ether oxygens (including phenoxy) is 2. The van der Waals surface area contributed by atoms with E-state index in [2.05, 4.69) is 14.9 Å². The number of rotatable bonds is 5. The van der Waals surface area contributed by atoms with E-state index in [-0.39, 0.29) is 6.10 Å². The predicted octanol–water partition coefficient (Wildman–Crippen LogP) is 1.21. The topological polar surface area (TPSA) is 73.5 Å². The molecule has 0 aromatic carbocycles. The predicted molar refractivity (Wildman–Crippen MR) is 74.0 cm³/mol. The van der Waals surface area contributed by atoms with Gasteiger partial charge in [0.2, 0.25) is 0 Å².